The molecule has 3 nitrogen and oxygen atoms in total. The van der Waals surface area contributed by atoms with Gasteiger partial charge in [-0.1, -0.05) is 20.3 Å². The first-order valence-electron chi connectivity index (χ1n) is 5.29. The average molecular weight is 214 g/mol. The summed E-state index contributed by atoms with van der Waals surface area (Å²) in [5.74, 6) is 1.52. The highest BCUT2D eigenvalue weighted by molar-refractivity contribution is 6.28. The van der Waals surface area contributed by atoms with Gasteiger partial charge in [-0.05, 0) is 36.3 Å². The fourth-order valence-corrected chi connectivity index (χ4v) is 2.86. The lowest BCUT2D eigenvalue weighted by Gasteiger charge is -2.20. The second-order valence-corrected chi connectivity index (χ2v) is 4.52. The largest absolute Gasteiger partial charge is 0.301 e. The maximum atomic E-state index is 5.97. The van der Waals surface area contributed by atoms with Gasteiger partial charge in [-0.15, -0.1) is 10.2 Å². The van der Waals surface area contributed by atoms with Crippen LogP contribution >= 0.6 is 11.6 Å². The van der Waals surface area contributed by atoms with E-state index in [-0.39, 0.29) is 0 Å². The molecule has 4 heteroatoms. The molecule has 14 heavy (non-hydrogen) atoms. The Labute approximate surface area is 89.5 Å². The van der Waals surface area contributed by atoms with Gasteiger partial charge in [0.25, 0.3) is 0 Å². The summed E-state index contributed by atoms with van der Waals surface area (Å²) >= 11 is 5.97. The minimum atomic E-state index is 0.502. The fourth-order valence-electron chi connectivity index (χ4n) is 2.64. The molecule has 0 aliphatic heterocycles. The molecule has 0 amide bonds. The van der Waals surface area contributed by atoms with E-state index in [9.17, 15) is 0 Å². The van der Waals surface area contributed by atoms with Gasteiger partial charge in [-0.3, -0.25) is 0 Å². The van der Waals surface area contributed by atoms with E-state index in [0.717, 1.165) is 5.92 Å². The van der Waals surface area contributed by atoms with Crippen LogP contribution in [0, 0.1) is 11.8 Å². The fraction of sp³-hybridized carbons (Fsp3) is 0.800. The molecule has 1 aliphatic rings. The first-order chi connectivity index (χ1) is 6.74. The predicted molar refractivity (Wildman–Crippen MR) is 56.2 cm³/mol. The van der Waals surface area contributed by atoms with Crippen LogP contribution in [0.15, 0.2) is 6.33 Å². The second kappa shape index (κ2) is 3.89. The van der Waals surface area contributed by atoms with Gasteiger partial charge in [-0.25, -0.2) is 0 Å². The summed E-state index contributed by atoms with van der Waals surface area (Å²) in [6.07, 6.45) is 5.52. The average Bonchev–Trinajstić information content (AvgIpc) is 2.72. The zero-order chi connectivity index (χ0) is 10.1. The zero-order valence-corrected chi connectivity index (χ0v) is 9.41. The quantitative estimate of drug-likeness (QED) is 0.757. The van der Waals surface area contributed by atoms with Gasteiger partial charge in [-0.2, -0.15) is 0 Å². The molecule has 1 fully saturated rings. The molecular weight excluding hydrogens is 198 g/mol. The summed E-state index contributed by atoms with van der Waals surface area (Å²) < 4.78 is 2.02. The summed E-state index contributed by atoms with van der Waals surface area (Å²) in [5.41, 5.74) is 0. The Kier molecular flexibility index (Phi) is 2.77. The molecule has 1 heterocycles. The standard InChI is InChI=1S/C10H16ClN3/c1-3-8-4-5-9(7(8)2)14-6-12-13-10(14)11/h6-9H,3-5H2,1-2H3. The van der Waals surface area contributed by atoms with Gasteiger partial charge in [0.1, 0.15) is 6.33 Å². The zero-order valence-electron chi connectivity index (χ0n) is 8.65. The molecule has 0 radical (unpaired) electrons. The Morgan fingerprint density at radius 3 is 2.86 bits per heavy atom. The van der Waals surface area contributed by atoms with E-state index in [4.69, 9.17) is 11.6 Å². The van der Waals surface area contributed by atoms with Crippen molar-refractivity contribution in [1.82, 2.24) is 14.8 Å². The molecular formula is C10H16ClN3. The first kappa shape index (κ1) is 9.97. The van der Waals surface area contributed by atoms with Crippen LogP contribution in [0.5, 0.6) is 0 Å². The molecule has 0 aromatic carbocycles. The monoisotopic (exact) mass is 213 g/mol. The van der Waals surface area contributed by atoms with Crippen molar-refractivity contribution >= 4 is 11.6 Å². The Morgan fingerprint density at radius 2 is 2.36 bits per heavy atom. The van der Waals surface area contributed by atoms with Crippen LogP contribution in [-0.2, 0) is 0 Å². The van der Waals surface area contributed by atoms with Crippen molar-refractivity contribution in [3.05, 3.63) is 11.6 Å². The number of rotatable bonds is 2. The summed E-state index contributed by atoms with van der Waals surface area (Å²) in [4.78, 5) is 0. The Morgan fingerprint density at radius 1 is 1.57 bits per heavy atom. The van der Waals surface area contributed by atoms with Gasteiger partial charge in [0.15, 0.2) is 0 Å². The minimum Gasteiger partial charge on any atom is -0.301 e. The normalized spacial score (nSPS) is 32.4. The van der Waals surface area contributed by atoms with E-state index in [0.29, 0.717) is 17.2 Å². The van der Waals surface area contributed by atoms with E-state index < -0.39 is 0 Å². The topological polar surface area (TPSA) is 30.7 Å². The van der Waals surface area contributed by atoms with Gasteiger partial charge < -0.3 is 4.57 Å². The van der Waals surface area contributed by atoms with E-state index in [1.54, 1.807) is 6.33 Å². The van der Waals surface area contributed by atoms with Crippen LogP contribution in [0.25, 0.3) is 0 Å². The molecule has 0 bridgehead atoms. The summed E-state index contributed by atoms with van der Waals surface area (Å²) in [6, 6.07) is 0.502. The minimum absolute atomic E-state index is 0.502. The smallest absolute Gasteiger partial charge is 0.225 e. The Balaban J connectivity index is 2.18. The third kappa shape index (κ3) is 1.54. The molecule has 2 rings (SSSR count). The SMILES string of the molecule is CCC1CCC(n2cnnc2Cl)C1C. The third-order valence-corrected chi connectivity index (χ3v) is 3.87. The first-order valence-corrected chi connectivity index (χ1v) is 5.66. The van der Waals surface area contributed by atoms with Crippen LogP contribution in [-0.4, -0.2) is 14.8 Å². The predicted octanol–water partition coefficient (Wildman–Crippen LogP) is 2.93. The number of nitrogens with zero attached hydrogens (tertiary/aromatic N) is 3. The molecule has 0 N–H and O–H groups in total. The summed E-state index contributed by atoms with van der Waals surface area (Å²) in [7, 11) is 0. The van der Waals surface area contributed by atoms with Crippen LogP contribution in [0.4, 0.5) is 0 Å². The van der Waals surface area contributed by atoms with Crippen LogP contribution in [0.2, 0.25) is 5.28 Å². The summed E-state index contributed by atoms with van der Waals surface area (Å²) in [6.45, 7) is 4.57. The Hall–Kier alpha value is -0.570. The molecule has 0 saturated heterocycles. The maximum absolute atomic E-state index is 5.97. The van der Waals surface area contributed by atoms with Gasteiger partial charge >= 0.3 is 0 Å². The number of aromatic nitrogens is 3. The van der Waals surface area contributed by atoms with Crippen molar-refractivity contribution in [2.75, 3.05) is 0 Å². The highest BCUT2D eigenvalue weighted by atomic mass is 35.5. The summed E-state index contributed by atoms with van der Waals surface area (Å²) in [5, 5.41) is 8.18. The van der Waals surface area contributed by atoms with Gasteiger partial charge in [0.2, 0.25) is 5.28 Å². The lowest BCUT2D eigenvalue weighted by Crippen LogP contribution is -2.15. The molecule has 1 saturated carbocycles. The van der Waals surface area contributed by atoms with E-state index in [1.807, 2.05) is 4.57 Å². The highest BCUT2D eigenvalue weighted by Crippen LogP contribution is 2.42. The van der Waals surface area contributed by atoms with Crippen molar-refractivity contribution in [2.24, 2.45) is 11.8 Å². The number of hydrogen-bond donors (Lipinski definition) is 0. The van der Waals surface area contributed by atoms with Gasteiger partial charge in [0.05, 0.1) is 0 Å². The van der Waals surface area contributed by atoms with Crippen molar-refractivity contribution in [1.29, 1.82) is 0 Å². The molecule has 0 spiro atoms. The molecule has 1 aromatic rings. The van der Waals surface area contributed by atoms with Crippen molar-refractivity contribution in [3.8, 4) is 0 Å². The van der Waals surface area contributed by atoms with E-state index in [2.05, 4.69) is 24.0 Å². The third-order valence-electron chi connectivity index (χ3n) is 3.59. The molecule has 1 aliphatic carbocycles. The second-order valence-electron chi connectivity index (χ2n) is 4.18. The van der Waals surface area contributed by atoms with Crippen molar-refractivity contribution in [2.45, 2.75) is 39.2 Å². The Bertz CT molecular complexity index is 310. The number of halogens is 1. The lowest BCUT2D eigenvalue weighted by molar-refractivity contribution is 0.329. The maximum Gasteiger partial charge on any atom is 0.225 e. The van der Waals surface area contributed by atoms with Crippen LogP contribution in [0.3, 0.4) is 0 Å². The van der Waals surface area contributed by atoms with Crippen molar-refractivity contribution < 1.29 is 0 Å². The highest BCUT2D eigenvalue weighted by Gasteiger charge is 2.33. The van der Waals surface area contributed by atoms with E-state index in [1.165, 1.54) is 19.3 Å². The number of hydrogen-bond acceptors (Lipinski definition) is 2. The molecule has 78 valence electrons. The lowest BCUT2D eigenvalue weighted by atomic mass is 9.93. The van der Waals surface area contributed by atoms with Crippen molar-refractivity contribution in [3.63, 3.8) is 0 Å². The molecule has 1 aromatic heterocycles. The molecule has 3 unspecified atom stereocenters. The van der Waals surface area contributed by atoms with Gasteiger partial charge in [0, 0.05) is 6.04 Å². The van der Waals surface area contributed by atoms with Crippen LogP contribution in [0.1, 0.15) is 39.2 Å². The molecule has 3 atom stereocenters. The van der Waals surface area contributed by atoms with Crippen LogP contribution < -0.4 is 0 Å². The van der Waals surface area contributed by atoms with E-state index >= 15 is 0 Å².